The quantitative estimate of drug-likeness (QED) is 0.0241. The topological polar surface area (TPSA) is 322 Å². The first-order valence-corrected chi connectivity index (χ1v) is 26.1. The fourth-order valence-corrected chi connectivity index (χ4v) is 9.23. The highest BCUT2D eigenvalue weighted by molar-refractivity contribution is 7.86. The fourth-order valence-electron chi connectivity index (χ4n) is 7.73. The lowest BCUT2D eigenvalue weighted by Crippen LogP contribution is -2.11. The normalized spacial score (nSPS) is 12.5. The van der Waals surface area contributed by atoms with Crippen molar-refractivity contribution in [2.75, 3.05) is 23.4 Å². The van der Waals surface area contributed by atoms with Crippen LogP contribution in [0.2, 0.25) is 0 Å². The van der Waals surface area contributed by atoms with Gasteiger partial charge in [-0.05, 0) is 132 Å². The zero-order chi connectivity index (χ0) is 51.7. The van der Waals surface area contributed by atoms with Crippen molar-refractivity contribution in [3.8, 4) is 11.5 Å². The number of carbonyl (C=O) groups is 1. The van der Waals surface area contributed by atoms with Crippen LogP contribution < -0.4 is 15.8 Å². The molecule has 0 spiro atoms. The Bertz CT molecular complexity index is 4160. The Balaban J connectivity index is 1.02. The van der Waals surface area contributed by atoms with Gasteiger partial charge in [0.1, 0.15) is 11.4 Å². The van der Waals surface area contributed by atoms with Crippen molar-refractivity contribution in [1.82, 2.24) is 0 Å². The van der Waals surface area contributed by atoms with Crippen molar-refractivity contribution in [2.45, 2.75) is 16.2 Å². The maximum absolute atomic E-state index is 12.8. The molecule has 0 fully saturated rings. The zero-order valence-corrected chi connectivity index (χ0v) is 40.0. The second-order valence-corrected chi connectivity index (χ2v) is 20.7. The van der Waals surface area contributed by atoms with Crippen LogP contribution in [-0.4, -0.2) is 62.3 Å². The molecule has 0 aromatic heterocycles. The van der Waals surface area contributed by atoms with Crippen molar-refractivity contribution in [2.24, 2.45) is 30.7 Å². The van der Waals surface area contributed by atoms with Gasteiger partial charge < -0.3 is 20.9 Å². The van der Waals surface area contributed by atoms with E-state index in [0.717, 1.165) is 11.5 Å². The third kappa shape index (κ3) is 11.3. The predicted octanol–water partition coefficient (Wildman–Crippen LogP) is 12.2. The number of benzene rings is 9. The van der Waals surface area contributed by atoms with Gasteiger partial charge in [-0.2, -0.15) is 30.4 Å². The van der Waals surface area contributed by atoms with Crippen molar-refractivity contribution in [3.05, 3.63) is 157 Å². The minimum atomic E-state index is -4.71. The maximum Gasteiger partial charge on any atom is 0.294 e. The molecule has 0 unspecified atom stereocenters. The Morgan fingerprint density at radius 2 is 1.05 bits per heavy atom. The first-order chi connectivity index (χ1) is 34.8. The summed E-state index contributed by atoms with van der Waals surface area (Å²) in [5.74, 6) is -0.597. The standard InChI is InChI=1S/C50H38N8O12S3/c51-32-9-5-30(6-10-32)50(60)52-33-12-15-37-31(25-33)8-18-47(49(37)59)58-57-46-22-20-44(39-17-14-36(28-42(39)46)73(67,68)69)55-56-45-21-19-43(38-16-13-35(27-41(38)45)72(64,65)66)54-53-34-11-7-29-3-1-4-48(40(29)26-34)70-23-2-24-71(61,62)63/h1,3-22,25-28,59H,2,23-24,51H2,(H,52,60)(H,61,62,63)(H,64,65,66)(H,67,68,69). The van der Waals surface area contributed by atoms with Gasteiger partial charge in [0, 0.05) is 49.3 Å². The molecular formula is C50H38N8O12S3. The first-order valence-electron chi connectivity index (χ1n) is 21.6. The average molecular weight is 1040 g/mol. The minimum absolute atomic E-state index is 0.0226. The number of amides is 1. The molecule has 0 radical (unpaired) electrons. The summed E-state index contributed by atoms with van der Waals surface area (Å²) in [6.45, 7) is 0.0226. The molecular weight excluding hydrogens is 1000 g/mol. The summed E-state index contributed by atoms with van der Waals surface area (Å²) in [6, 6.07) is 38.6. The van der Waals surface area contributed by atoms with E-state index in [4.69, 9.17) is 15.0 Å². The Morgan fingerprint density at radius 1 is 0.521 bits per heavy atom. The number of rotatable bonds is 15. The molecule has 20 nitrogen and oxygen atoms in total. The summed E-state index contributed by atoms with van der Waals surface area (Å²) in [6.07, 6.45) is 0.0620. The summed E-state index contributed by atoms with van der Waals surface area (Å²) < 4.78 is 106. The Hall–Kier alpha value is -8.58. The highest BCUT2D eigenvalue weighted by Gasteiger charge is 2.18. The van der Waals surface area contributed by atoms with E-state index in [1.165, 1.54) is 54.6 Å². The molecule has 1 amide bonds. The lowest BCUT2D eigenvalue weighted by Gasteiger charge is -2.10. The zero-order valence-electron chi connectivity index (χ0n) is 37.6. The number of hydrogen-bond acceptors (Lipinski definition) is 16. The number of carbonyl (C=O) groups excluding carboxylic acids is 1. The summed E-state index contributed by atoms with van der Waals surface area (Å²) in [4.78, 5) is 11.9. The first kappa shape index (κ1) is 49.4. The van der Waals surface area contributed by atoms with E-state index in [1.54, 1.807) is 84.9 Å². The number of aromatic hydroxyl groups is 1. The molecule has 368 valence electrons. The van der Waals surface area contributed by atoms with Crippen molar-refractivity contribution >= 4 is 125 Å². The number of nitrogens with zero attached hydrogens (tertiary/aromatic N) is 6. The largest absolute Gasteiger partial charge is 0.505 e. The number of phenolic OH excluding ortho intramolecular Hbond substituents is 1. The van der Waals surface area contributed by atoms with Gasteiger partial charge in [0.25, 0.3) is 36.3 Å². The van der Waals surface area contributed by atoms with E-state index >= 15 is 0 Å². The van der Waals surface area contributed by atoms with Crippen LogP contribution in [0.5, 0.6) is 11.5 Å². The third-order valence-electron chi connectivity index (χ3n) is 11.3. The SMILES string of the molecule is Nc1ccc(C(=O)Nc2ccc3c(O)c(N=Nc4ccc(N=Nc5ccc(N=Nc6ccc7cccc(OCCCS(=O)(=O)O)c7c6)c6ccc(S(=O)(=O)O)cc56)c5ccc(S(=O)(=O)O)cc45)ccc3c2)cc1. The molecule has 0 heterocycles. The minimum Gasteiger partial charge on any atom is -0.505 e. The van der Waals surface area contributed by atoms with E-state index in [0.29, 0.717) is 55.3 Å². The molecule has 9 rings (SSSR count). The van der Waals surface area contributed by atoms with Crippen LogP contribution in [0.15, 0.2) is 192 Å². The van der Waals surface area contributed by atoms with Gasteiger partial charge in [-0.25, -0.2) is 0 Å². The number of azo groups is 3. The number of phenols is 1. The molecule has 0 aliphatic rings. The van der Waals surface area contributed by atoms with Crippen LogP contribution in [0.3, 0.4) is 0 Å². The molecule has 73 heavy (non-hydrogen) atoms. The second-order valence-electron chi connectivity index (χ2n) is 16.3. The Kier molecular flexibility index (Phi) is 13.5. The summed E-state index contributed by atoms with van der Waals surface area (Å²) in [7, 11) is -13.5. The molecule has 0 aliphatic heterocycles. The summed E-state index contributed by atoms with van der Waals surface area (Å²) in [5.41, 5.74) is 8.29. The number of nitrogens with two attached hydrogens (primary N) is 1. The molecule has 9 aromatic rings. The van der Waals surface area contributed by atoms with Gasteiger partial charge >= 0.3 is 0 Å². The van der Waals surface area contributed by atoms with E-state index < -0.39 is 45.9 Å². The molecule has 9 aromatic carbocycles. The van der Waals surface area contributed by atoms with Crippen LogP contribution in [-0.2, 0) is 30.4 Å². The van der Waals surface area contributed by atoms with E-state index in [2.05, 4.69) is 36.0 Å². The van der Waals surface area contributed by atoms with Gasteiger partial charge in [-0.1, -0.05) is 36.4 Å². The van der Waals surface area contributed by atoms with Crippen LogP contribution in [0.25, 0.3) is 43.1 Å². The molecule has 0 saturated heterocycles. The molecule has 0 atom stereocenters. The maximum atomic E-state index is 12.8. The highest BCUT2D eigenvalue weighted by atomic mass is 32.2. The fraction of sp³-hybridized carbons (Fsp3) is 0.0600. The molecule has 0 saturated carbocycles. The Labute approximate surface area is 415 Å². The van der Waals surface area contributed by atoms with Crippen molar-refractivity contribution in [1.29, 1.82) is 0 Å². The molecule has 7 N–H and O–H groups in total. The van der Waals surface area contributed by atoms with Crippen LogP contribution >= 0.6 is 0 Å². The van der Waals surface area contributed by atoms with Gasteiger partial charge in [-0.3, -0.25) is 18.5 Å². The third-order valence-corrected chi connectivity index (χ3v) is 13.8. The predicted molar refractivity (Wildman–Crippen MR) is 275 cm³/mol. The van der Waals surface area contributed by atoms with E-state index in [1.807, 2.05) is 6.07 Å². The Morgan fingerprint density at radius 3 is 1.64 bits per heavy atom. The second kappa shape index (κ2) is 19.9. The lowest BCUT2D eigenvalue weighted by atomic mass is 10.1. The number of fused-ring (bicyclic) bond motifs is 4. The molecule has 0 bridgehead atoms. The number of ether oxygens (including phenoxy) is 1. The highest BCUT2D eigenvalue weighted by Crippen LogP contribution is 2.42. The lowest BCUT2D eigenvalue weighted by molar-refractivity contribution is 0.102. The number of nitrogens with one attached hydrogen (secondary N) is 1. The van der Waals surface area contributed by atoms with Gasteiger partial charge in [0.05, 0.1) is 50.6 Å². The smallest absolute Gasteiger partial charge is 0.294 e. The molecule has 23 heteroatoms. The van der Waals surface area contributed by atoms with Gasteiger partial charge in [-0.15, -0.1) is 25.6 Å². The van der Waals surface area contributed by atoms with Gasteiger partial charge in [0.2, 0.25) is 0 Å². The number of anilines is 2. The van der Waals surface area contributed by atoms with E-state index in [9.17, 15) is 44.3 Å². The molecule has 0 aliphatic carbocycles. The van der Waals surface area contributed by atoms with Gasteiger partial charge in [0.15, 0.2) is 5.75 Å². The summed E-state index contributed by atoms with van der Waals surface area (Å²) >= 11 is 0. The van der Waals surface area contributed by atoms with Crippen molar-refractivity contribution < 1.29 is 53.5 Å². The van der Waals surface area contributed by atoms with Crippen LogP contribution in [0, 0.1) is 0 Å². The van der Waals surface area contributed by atoms with Crippen LogP contribution in [0.4, 0.5) is 45.5 Å². The average Bonchev–Trinajstić information content (AvgIpc) is 3.35. The number of hydrogen-bond donors (Lipinski definition) is 6. The van der Waals surface area contributed by atoms with Crippen molar-refractivity contribution in [3.63, 3.8) is 0 Å². The summed E-state index contributed by atoms with van der Waals surface area (Å²) in [5, 5.41) is 43.8. The monoisotopic (exact) mass is 1040 g/mol. The van der Waals surface area contributed by atoms with Crippen LogP contribution in [0.1, 0.15) is 16.8 Å². The number of nitrogen functional groups attached to an aromatic ring is 1. The van der Waals surface area contributed by atoms with E-state index in [-0.39, 0.29) is 63.9 Å².